The van der Waals surface area contributed by atoms with Crippen molar-refractivity contribution in [2.75, 3.05) is 12.3 Å². The van der Waals surface area contributed by atoms with Crippen LogP contribution in [0.2, 0.25) is 0 Å². The van der Waals surface area contributed by atoms with Gasteiger partial charge in [0.1, 0.15) is 42.6 Å². The van der Waals surface area contributed by atoms with E-state index in [2.05, 4.69) is 25.5 Å². The number of nitrogen functional groups attached to an aromatic ring is 2. The number of carboxylic acids is 1. The largest absolute Gasteiger partial charge is 0.489 e. The van der Waals surface area contributed by atoms with Crippen molar-refractivity contribution in [1.82, 2.24) is 29.4 Å². The number of nitrogens with two attached hydrogens (primary N) is 2. The summed E-state index contributed by atoms with van der Waals surface area (Å²) in [6.45, 7) is -0.828. The normalized spacial score (nSPS) is 17.7. The third kappa shape index (κ3) is 6.76. The second-order valence-electron chi connectivity index (χ2n) is 8.44. The van der Waals surface area contributed by atoms with E-state index in [1.807, 2.05) is 0 Å². The molecule has 1 aromatic carbocycles. The molecular formula is C21H22N10O9S2. The molecule has 19 nitrogen and oxygen atoms in total. The number of anilines is 1. The molecule has 2 aromatic heterocycles. The number of amidine groups is 1. The van der Waals surface area contributed by atoms with Gasteiger partial charge in [-0.3, -0.25) is 24.2 Å². The van der Waals surface area contributed by atoms with Crippen molar-refractivity contribution in [1.29, 1.82) is 5.41 Å². The number of ether oxygens (including phenoxy) is 1. The molecule has 222 valence electrons. The van der Waals surface area contributed by atoms with Crippen LogP contribution < -0.4 is 21.5 Å². The maximum absolute atomic E-state index is 13.2. The number of β-lactam (4-membered cyclic amide) rings is 1. The summed E-state index contributed by atoms with van der Waals surface area (Å²) in [6, 6.07) is 3.12. The maximum Gasteiger partial charge on any atom is 0.362 e. The Balaban J connectivity index is 1.52. The molecule has 3 atom stereocenters. The predicted molar refractivity (Wildman–Crippen MR) is 143 cm³/mol. The van der Waals surface area contributed by atoms with E-state index in [4.69, 9.17) is 26.5 Å². The van der Waals surface area contributed by atoms with Crippen molar-refractivity contribution in [3.63, 3.8) is 0 Å². The molecule has 0 spiro atoms. The third-order valence-electron chi connectivity index (χ3n) is 5.64. The number of thiazole rings is 1. The van der Waals surface area contributed by atoms with Gasteiger partial charge in [0, 0.05) is 10.9 Å². The number of hydrogen-bond acceptors (Lipinski definition) is 14. The standard InChI is InChI=1S/C21H22N10O9S2/c22-17(23)10-1-3-11(4-2-10)39-6-14(20(34)35)40-29-15(12-7-41-21(24)27-12)18(32)28-16-13(5-30-9-25-8-26-30)31(19(16)33)42(36,37)38/h1-4,7-9,13-14,16H,5-6H2,(H3,22,23)(H2,24,27)(H,28,32)(H,34,35)(H,36,37,38)/b29-15-/t13-,14+,16+/m1/s1. The molecular weight excluding hydrogens is 600 g/mol. The van der Waals surface area contributed by atoms with Gasteiger partial charge in [-0.25, -0.2) is 19.1 Å². The average molecular weight is 623 g/mol. The quantitative estimate of drug-likeness (QED) is 0.0397. The zero-order valence-electron chi connectivity index (χ0n) is 21.1. The lowest BCUT2D eigenvalue weighted by molar-refractivity contribution is -0.152. The first-order valence-corrected chi connectivity index (χ1v) is 13.8. The highest BCUT2D eigenvalue weighted by Gasteiger charge is 2.54. The number of amides is 2. The summed E-state index contributed by atoms with van der Waals surface area (Å²) >= 11 is 0.927. The summed E-state index contributed by atoms with van der Waals surface area (Å²) in [4.78, 5) is 50.4. The van der Waals surface area contributed by atoms with Crippen molar-refractivity contribution in [2.45, 2.75) is 24.7 Å². The summed E-state index contributed by atoms with van der Waals surface area (Å²) < 4.78 is 39.8. The fraction of sp³-hybridized carbons (Fsp3) is 0.238. The second-order valence-corrected chi connectivity index (χ2v) is 10.6. The van der Waals surface area contributed by atoms with E-state index < -0.39 is 58.6 Å². The van der Waals surface area contributed by atoms with Crippen LogP contribution in [0.1, 0.15) is 11.3 Å². The SMILES string of the molecule is N=C(N)c1ccc(OC[C@H](O/N=C(\C(=O)N[C@@H]2C(=O)N(S(=O)(=O)O)[C@@H]2Cn2cncn2)c2csc(N)n2)C(=O)O)cc1. The number of hydrogen-bond donors (Lipinski definition) is 6. The molecule has 4 rings (SSSR count). The van der Waals surface area contributed by atoms with Crippen molar-refractivity contribution < 1.29 is 42.0 Å². The van der Waals surface area contributed by atoms with Crippen LogP contribution in [0.25, 0.3) is 0 Å². The lowest BCUT2D eigenvalue weighted by Crippen LogP contribution is -2.73. The van der Waals surface area contributed by atoms with Gasteiger partial charge in [0.05, 0.1) is 12.6 Å². The van der Waals surface area contributed by atoms with Gasteiger partial charge < -0.3 is 31.5 Å². The fourth-order valence-corrected chi connectivity index (χ4v) is 5.05. The summed E-state index contributed by atoms with van der Waals surface area (Å²) in [5.74, 6) is -3.68. The first kappa shape index (κ1) is 29.8. The Bertz CT molecular complexity index is 1620. The number of carbonyl (C=O) groups is 3. The molecule has 1 saturated heterocycles. The maximum atomic E-state index is 13.2. The molecule has 0 bridgehead atoms. The molecule has 1 fully saturated rings. The first-order valence-electron chi connectivity index (χ1n) is 11.5. The topological polar surface area (TPSA) is 291 Å². The van der Waals surface area contributed by atoms with E-state index >= 15 is 0 Å². The Morgan fingerprint density at radius 3 is 2.55 bits per heavy atom. The number of nitrogens with one attached hydrogen (secondary N) is 2. The Morgan fingerprint density at radius 2 is 2.00 bits per heavy atom. The fourth-order valence-electron chi connectivity index (χ4n) is 3.64. The highest BCUT2D eigenvalue weighted by atomic mass is 32.2. The van der Waals surface area contributed by atoms with Gasteiger partial charge in [-0.2, -0.15) is 13.5 Å². The van der Waals surface area contributed by atoms with Crippen LogP contribution in [0, 0.1) is 5.41 Å². The number of rotatable bonds is 13. The van der Waals surface area contributed by atoms with Crippen LogP contribution in [0.3, 0.4) is 0 Å². The van der Waals surface area contributed by atoms with Crippen molar-refractivity contribution >= 4 is 56.1 Å². The predicted octanol–water partition coefficient (Wildman–Crippen LogP) is -1.95. The van der Waals surface area contributed by atoms with Crippen LogP contribution >= 0.6 is 11.3 Å². The number of oxime groups is 1. The molecule has 0 saturated carbocycles. The monoisotopic (exact) mass is 622 g/mol. The lowest BCUT2D eigenvalue weighted by Gasteiger charge is -2.43. The molecule has 0 unspecified atom stereocenters. The first-order chi connectivity index (χ1) is 19.8. The zero-order valence-corrected chi connectivity index (χ0v) is 22.7. The van der Waals surface area contributed by atoms with E-state index in [9.17, 15) is 32.5 Å². The Labute approximate surface area is 240 Å². The molecule has 1 aliphatic rings. The third-order valence-corrected chi connectivity index (χ3v) is 7.26. The number of aromatic nitrogens is 4. The van der Waals surface area contributed by atoms with Crippen LogP contribution in [-0.4, -0.2) is 96.3 Å². The molecule has 1 aliphatic heterocycles. The van der Waals surface area contributed by atoms with E-state index in [0.29, 0.717) is 5.56 Å². The number of carbonyl (C=O) groups excluding carboxylic acids is 2. The van der Waals surface area contributed by atoms with Crippen molar-refractivity contribution in [3.05, 3.63) is 53.6 Å². The Kier molecular flexibility index (Phi) is 8.63. The molecule has 0 radical (unpaired) electrons. The molecule has 2 amide bonds. The van der Waals surface area contributed by atoms with Crippen molar-refractivity contribution in [3.8, 4) is 5.75 Å². The molecule has 3 heterocycles. The lowest BCUT2D eigenvalue weighted by atomic mass is 9.98. The van der Waals surface area contributed by atoms with E-state index in [1.54, 1.807) is 0 Å². The van der Waals surface area contributed by atoms with Gasteiger partial charge in [-0.15, -0.1) is 11.3 Å². The highest BCUT2D eigenvalue weighted by molar-refractivity contribution is 7.84. The number of nitrogens with zero attached hydrogens (tertiary/aromatic N) is 6. The number of carboxylic acid groups (broad SMARTS) is 1. The zero-order chi connectivity index (χ0) is 30.6. The minimum absolute atomic E-state index is 0.0268. The van der Waals surface area contributed by atoms with E-state index in [0.717, 1.165) is 17.7 Å². The van der Waals surface area contributed by atoms with Crippen LogP contribution in [-0.2, 0) is 36.1 Å². The summed E-state index contributed by atoms with van der Waals surface area (Å²) in [5.41, 5.74) is 10.8. The van der Waals surface area contributed by atoms with Gasteiger partial charge in [-0.05, 0) is 24.3 Å². The molecule has 0 aliphatic carbocycles. The Hall–Kier alpha value is -5.15. The molecule has 21 heteroatoms. The van der Waals surface area contributed by atoms with Crippen LogP contribution in [0.15, 0.2) is 47.5 Å². The van der Waals surface area contributed by atoms with E-state index in [-0.39, 0.29) is 33.3 Å². The molecule has 3 aromatic rings. The van der Waals surface area contributed by atoms with Gasteiger partial charge in [0.25, 0.3) is 17.9 Å². The summed E-state index contributed by atoms with van der Waals surface area (Å²) in [6.07, 6.45) is 0.662. The average Bonchev–Trinajstić information content (AvgIpc) is 3.60. The summed E-state index contributed by atoms with van der Waals surface area (Å²) in [5, 5.41) is 28.1. The second kappa shape index (κ2) is 12.2. The van der Waals surface area contributed by atoms with E-state index in [1.165, 1.54) is 40.7 Å². The van der Waals surface area contributed by atoms with Gasteiger partial charge >= 0.3 is 16.3 Å². The Morgan fingerprint density at radius 1 is 1.29 bits per heavy atom. The summed E-state index contributed by atoms with van der Waals surface area (Å²) in [7, 11) is -4.98. The number of aliphatic carboxylic acids is 1. The minimum Gasteiger partial charge on any atom is -0.489 e. The molecule has 42 heavy (non-hydrogen) atoms. The van der Waals surface area contributed by atoms with Gasteiger partial charge in [0.2, 0.25) is 0 Å². The number of benzene rings is 1. The molecule has 8 N–H and O–H groups in total. The smallest absolute Gasteiger partial charge is 0.362 e. The van der Waals surface area contributed by atoms with Gasteiger partial charge in [0.15, 0.2) is 10.8 Å². The van der Waals surface area contributed by atoms with Gasteiger partial charge in [-0.1, -0.05) is 5.16 Å². The van der Waals surface area contributed by atoms with Crippen LogP contribution in [0.4, 0.5) is 5.13 Å². The van der Waals surface area contributed by atoms with Crippen molar-refractivity contribution in [2.24, 2.45) is 10.9 Å². The van der Waals surface area contributed by atoms with Crippen LogP contribution in [0.5, 0.6) is 5.75 Å². The highest BCUT2D eigenvalue weighted by Crippen LogP contribution is 2.25. The minimum atomic E-state index is -4.98.